The van der Waals surface area contributed by atoms with E-state index in [1.807, 2.05) is 20.8 Å². The lowest BCUT2D eigenvalue weighted by atomic mass is 9.94. The van der Waals surface area contributed by atoms with Crippen molar-refractivity contribution in [3.05, 3.63) is 0 Å². The monoisotopic (exact) mass is 1540 g/mol. The van der Waals surface area contributed by atoms with Crippen LogP contribution < -0.4 is 0 Å². The highest BCUT2D eigenvalue weighted by atomic mass is 19.4. The van der Waals surface area contributed by atoms with Gasteiger partial charge in [0, 0.05) is 31.6 Å². The first-order valence-corrected chi connectivity index (χ1v) is 41.9. The van der Waals surface area contributed by atoms with E-state index in [1.165, 1.54) is 130 Å². The molecule has 0 fully saturated rings. The van der Waals surface area contributed by atoms with Crippen molar-refractivity contribution >= 4 is 0 Å². The fraction of sp³-hybridized carbons (Fsp3) is 1.00. The summed E-state index contributed by atoms with van der Waals surface area (Å²) in [4.78, 5) is 0. The summed E-state index contributed by atoms with van der Waals surface area (Å²) in [6.07, 6.45) is 16.6. The van der Waals surface area contributed by atoms with Gasteiger partial charge in [-0.25, -0.2) is 30.7 Å². The zero-order valence-corrected chi connectivity index (χ0v) is 79.2. The average molecular weight is 1540 g/mol. The molecule has 0 nitrogen and oxygen atoms in total. The highest BCUT2D eigenvalue weighted by molar-refractivity contribution is 4.59. The van der Waals surface area contributed by atoms with E-state index in [0.29, 0.717) is 24.7 Å². The molecule has 103 heavy (non-hydrogen) atoms. The third-order valence-corrected chi connectivity index (χ3v) is 12.0. The topological polar surface area (TPSA) is 0 Å². The highest BCUT2D eigenvalue weighted by Gasteiger charge is 2.34. The number of hydrogen-bond acceptors (Lipinski definition) is 0. The molecule has 0 radical (unpaired) electrons. The first-order chi connectivity index (χ1) is 46.4. The molecule has 0 heterocycles. The number of alkyl halides is 14. The van der Waals surface area contributed by atoms with Crippen LogP contribution in [-0.4, -0.2) is 43.0 Å². The summed E-state index contributed by atoms with van der Waals surface area (Å²) in [5.74, 6) is -4.25. The molecular weight excluding hydrogens is 1330 g/mol. The van der Waals surface area contributed by atoms with Crippen molar-refractivity contribution < 1.29 is 61.5 Å². The number of hydrogen-bond donors (Lipinski definition) is 0. The predicted octanol–water partition coefficient (Wildman–Crippen LogP) is 39.7. The third kappa shape index (κ3) is 396. The Balaban J connectivity index is -0.0000000427. The second-order valence-electron chi connectivity index (χ2n) is 31.3. The van der Waals surface area contributed by atoms with E-state index in [0.717, 1.165) is 76.0 Å². The van der Waals surface area contributed by atoms with Crippen molar-refractivity contribution in [1.29, 1.82) is 0 Å². The molecular formula is C89H202F14. The maximum Gasteiger partial charge on any atom is 0.391 e. The molecule has 0 N–H and O–H groups in total. The molecule has 0 amide bonds. The molecule has 0 saturated heterocycles. The molecule has 0 aliphatic heterocycles. The van der Waals surface area contributed by atoms with Crippen LogP contribution in [0.5, 0.6) is 0 Å². The molecule has 0 aliphatic rings. The first kappa shape index (κ1) is 151. The average Bonchev–Trinajstić information content (AvgIpc) is 0.951. The Hall–Kier alpha value is -0.980. The Bertz CT molecular complexity index is 1110. The van der Waals surface area contributed by atoms with Crippen molar-refractivity contribution in [3.8, 4) is 0 Å². The normalized spacial score (nSPS) is 11.1. The predicted molar refractivity (Wildman–Crippen MR) is 453 cm³/mol. The zero-order valence-electron chi connectivity index (χ0n) is 79.2. The van der Waals surface area contributed by atoms with Crippen molar-refractivity contribution in [1.82, 2.24) is 0 Å². The van der Waals surface area contributed by atoms with E-state index >= 15 is 0 Å². The summed E-state index contributed by atoms with van der Waals surface area (Å²) < 4.78 is 162. The lowest BCUT2D eigenvalue weighted by Crippen LogP contribution is -2.18. The molecule has 0 spiro atoms. The molecule has 0 aromatic heterocycles. The van der Waals surface area contributed by atoms with Crippen LogP contribution in [0.4, 0.5) is 61.5 Å². The Morgan fingerprint density at radius 1 is 0.282 bits per heavy atom. The largest absolute Gasteiger partial charge is 0.391 e. The number of unbranched alkanes of at least 4 members (excludes halogenated alkanes) is 7. The molecule has 0 aliphatic carbocycles. The van der Waals surface area contributed by atoms with E-state index in [-0.39, 0.29) is 44.7 Å². The fourth-order valence-electron chi connectivity index (χ4n) is 2.93. The van der Waals surface area contributed by atoms with Gasteiger partial charge in [0.05, 0.1) is 18.8 Å². The quantitative estimate of drug-likeness (QED) is 0.101. The van der Waals surface area contributed by atoms with Gasteiger partial charge in [-0.1, -0.05) is 426 Å². The molecule has 0 bridgehead atoms. The summed E-state index contributed by atoms with van der Waals surface area (Å²) in [6, 6.07) is 0. The van der Waals surface area contributed by atoms with Crippen molar-refractivity contribution in [2.24, 2.45) is 58.7 Å². The SMILES string of the molecule is CC(C)C.CC(C)C.CC(C)C.CC(C)C(F)(F)F.CCC.CCC(C)(C)C.CCC(C)C.CCC(C)C.CCC(C)C.CCC(C)C(F)(F)F.CCC(C)CF.CCC(F)(F)CC.CCCC.CCCC(C)(F)F.CCCC(C)(F)F.CCCC(C)F.CCCCC.CCCCC.CCCCC. The second kappa shape index (κ2) is 119. The van der Waals surface area contributed by atoms with Crippen molar-refractivity contribution in [3.63, 3.8) is 0 Å². The smallest absolute Gasteiger partial charge is 0.251 e. The van der Waals surface area contributed by atoms with Gasteiger partial charge in [-0.15, -0.1) is 0 Å². The minimum absolute atomic E-state index is 0.00694. The second-order valence-corrected chi connectivity index (χ2v) is 31.3. The maximum atomic E-state index is 11.9. The van der Waals surface area contributed by atoms with Crippen LogP contribution in [0.25, 0.3) is 0 Å². The van der Waals surface area contributed by atoms with Gasteiger partial charge in [0.2, 0.25) is 17.8 Å². The summed E-state index contributed by atoms with van der Waals surface area (Å²) in [5.41, 5.74) is 0.542. The van der Waals surface area contributed by atoms with Crippen LogP contribution in [0.15, 0.2) is 0 Å². The molecule has 0 rings (SSSR count). The Kier molecular flexibility index (Phi) is 175. The van der Waals surface area contributed by atoms with Gasteiger partial charge in [0.25, 0.3) is 0 Å². The zero-order chi connectivity index (χ0) is 87.9. The fourth-order valence-corrected chi connectivity index (χ4v) is 2.93. The molecule has 14 heteroatoms. The van der Waals surface area contributed by atoms with E-state index in [2.05, 4.69) is 222 Å². The van der Waals surface area contributed by atoms with Gasteiger partial charge in [-0.2, -0.15) is 26.3 Å². The molecule has 0 aromatic carbocycles. The minimum Gasteiger partial charge on any atom is -0.251 e. The standard InChI is InChI=1S/C6H14.C5H9F3.3C5H10F2.2C5H11F.6C5H12.C4H7F3.4C4H10.C3H8/c1-5-6(2,3)4;1-3-4(2)5(6,7)8;2*1-3-4-5(2,6)7;1-3-5(6,7)4-2;1-3-5(2)4-6;1-3-4-5(2)6;3*1-4-5(2)3;3*1-3-5-4-2;1-3(2)4(5,6)7;3*1-4(2)3;1-3-4-2;1-3-2/h5H2,1-4H3;4H,3H2,1-2H3;3*3-4H2,1-2H3;2*5H,3-4H2,1-2H3;3*5H,4H2,1-3H3;3*3-5H2,1-2H3;3H,1-2H3;3*4H,1-3H3;3-4H2,1-2H3;3H2,1-2H3. The van der Waals surface area contributed by atoms with Crippen LogP contribution in [0.1, 0.15) is 485 Å². The Morgan fingerprint density at radius 2 is 0.476 bits per heavy atom. The lowest BCUT2D eigenvalue weighted by Gasteiger charge is -2.12. The Labute approximate surface area is 645 Å². The van der Waals surface area contributed by atoms with Crippen LogP contribution in [0, 0.1) is 58.7 Å². The van der Waals surface area contributed by atoms with E-state index in [4.69, 9.17) is 0 Å². The third-order valence-electron chi connectivity index (χ3n) is 12.0. The van der Waals surface area contributed by atoms with E-state index in [9.17, 15) is 61.5 Å². The highest BCUT2D eigenvalue weighted by Crippen LogP contribution is 2.28. The van der Waals surface area contributed by atoms with Crippen LogP contribution in [-0.2, 0) is 0 Å². The molecule has 3 unspecified atom stereocenters. The summed E-state index contributed by atoms with van der Waals surface area (Å²) >= 11 is 0. The minimum atomic E-state index is -4.00. The molecule has 3 atom stereocenters. The number of rotatable bonds is 21. The van der Waals surface area contributed by atoms with Gasteiger partial charge < -0.3 is 0 Å². The van der Waals surface area contributed by atoms with Gasteiger partial charge in [-0.05, 0) is 80.5 Å². The lowest BCUT2D eigenvalue weighted by molar-refractivity contribution is -0.170. The maximum absolute atomic E-state index is 11.9. The summed E-state index contributed by atoms with van der Waals surface area (Å²) in [7, 11) is 0. The van der Waals surface area contributed by atoms with Gasteiger partial charge in [-0.3, -0.25) is 4.39 Å². The number of halogens is 14. The molecule has 0 saturated carbocycles. The van der Waals surface area contributed by atoms with E-state index < -0.39 is 48.1 Å². The molecule has 656 valence electrons. The first-order valence-electron chi connectivity index (χ1n) is 41.9. The van der Waals surface area contributed by atoms with Gasteiger partial charge >= 0.3 is 12.4 Å². The van der Waals surface area contributed by atoms with Crippen molar-refractivity contribution in [2.45, 2.75) is 522 Å². The summed E-state index contributed by atoms with van der Waals surface area (Å²) in [5, 5.41) is 0. The van der Waals surface area contributed by atoms with Crippen molar-refractivity contribution in [2.75, 3.05) is 6.67 Å². The van der Waals surface area contributed by atoms with Crippen LogP contribution in [0.3, 0.4) is 0 Å². The van der Waals surface area contributed by atoms with E-state index in [1.54, 1.807) is 20.8 Å². The van der Waals surface area contributed by atoms with Gasteiger partial charge in [0.15, 0.2) is 0 Å². The van der Waals surface area contributed by atoms with Gasteiger partial charge in [0.1, 0.15) is 0 Å². The molecule has 0 aromatic rings. The Morgan fingerprint density at radius 3 is 0.476 bits per heavy atom. The van der Waals surface area contributed by atoms with Crippen LogP contribution >= 0.6 is 0 Å². The van der Waals surface area contributed by atoms with Crippen LogP contribution in [0.2, 0.25) is 0 Å². The summed E-state index contributed by atoms with van der Waals surface area (Å²) in [6.45, 7) is 90.9.